The van der Waals surface area contributed by atoms with Gasteiger partial charge >= 0.3 is 0 Å². The summed E-state index contributed by atoms with van der Waals surface area (Å²) in [4.78, 5) is 0. The average Bonchev–Trinajstić information content (AvgIpc) is 2.47. The molecule has 23 heavy (non-hydrogen) atoms. The van der Waals surface area contributed by atoms with Crippen LogP contribution in [0.3, 0.4) is 0 Å². The van der Waals surface area contributed by atoms with Crippen LogP contribution in [0.4, 0.5) is 0 Å². The van der Waals surface area contributed by atoms with Gasteiger partial charge in [0.25, 0.3) is 0 Å². The van der Waals surface area contributed by atoms with Gasteiger partial charge in [0.1, 0.15) is 11.9 Å². The van der Waals surface area contributed by atoms with Crippen LogP contribution in [0, 0.1) is 19.8 Å². The third kappa shape index (κ3) is 3.24. The van der Waals surface area contributed by atoms with Gasteiger partial charge in [-0.15, -0.1) is 0 Å². The minimum Gasteiger partial charge on any atom is -0.485 e. The topological polar surface area (TPSA) is 9.23 Å². The molecule has 126 valence electrons. The van der Waals surface area contributed by atoms with Gasteiger partial charge in [-0.3, -0.25) is 0 Å². The highest BCUT2D eigenvalue weighted by Gasteiger charge is 2.25. The average molecular weight is 312 g/mol. The van der Waals surface area contributed by atoms with Gasteiger partial charge in [-0.2, -0.15) is 0 Å². The van der Waals surface area contributed by atoms with Crippen LogP contribution in [-0.2, 0) is 0 Å². The Hall–Kier alpha value is -1.50. The Morgan fingerprint density at radius 1 is 0.957 bits per heavy atom. The van der Waals surface area contributed by atoms with E-state index in [1.807, 2.05) is 0 Å². The zero-order valence-electron chi connectivity index (χ0n) is 16.3. The Bertz CT molecular complexity index is 672. The van der Waals surface area contributed by atoms with Crippen LogP contribution >= 0.6 is 0 Å². The van der Waals surface area contributed by atoms with Crippen LogP contribution < -0.4 is 4.74 Å². The molecule has 1 nitrogen and oxygen atoms in total. The van der Waals surface area contributed by atoms with E-state index in [-0.39, 0.29) is 6.10 Å². The Morgan fingerprint density at radius 2 is 1.57 bits per heavy atom. The van der Waals surface area contributed by atoms with Gasteiger partial charge in [-0.25, -0.2) is 0 Å². The zero-order chi connectivity index (χ0) is 17.5. The van der Waals surface area contributed by atoms with Crippen LogP contribution in [0.15, 0.2) is 23.3 Å². The lowest BCUT2D eigenvalue weighted by molar-refractivity contribution is 0.253. The van der Waals surface area contributed by atoms with Crippen molar-refractivity contribution in [3.63, 3.8) is 0 Å². The van der Waals surface area contributed by atoms with Crippen LogP contribution in [0.1, 0.15) is 76.6 Å². The van der Waals surface area contributed by atoms with E-state index in [1.165, 1.54) is 39.0 Å². The summed E-state index contributed by atoms with van der Waals surface area (Å²) in [5.41, 5.74) is 9.38. The normalized spacial score (nSPS) is 24.0. The monoisotopic (exact) mass is 312 g/mol. The molecule has 1 heteroatoms. The van der Waals surface area contributed by atoms with E-state index in [1.54, 1.807) is 0 Å². The summed E-state index contributed by atoms with van der Waals surface area (Å²) in [5, 5.41) is 0. The van der Waals surface area contributed by atoms with Crippen LogP contribution in [-0.4, -0.2) is 6.10 Å². The van der Waals surface area contributed by atoms with E-state index in [0.29, 0.717) is 11.8 Å². The van der Waals surface area contributed by atoms with Crippen molar-refractivity contribution in [2.24, 2.45) is 5.92 Å². The molecule has 1 aliphatic rings. The summed E-state index contributed by atoms with van der Waals surface area (Å²) in [7, 11) is 0. The Morgan fingerprint density at radius 3 is 2.09 bits per heavy atom. The van der Waals surface area contributed by atoms with Gasteiger partial charge in [0, 0.05) is 5.56 Å². The van der Waals surface area contributed by atoms with E-state index in [4.69, 9.17) is 4.74 Å². The second-order valence-electron chi connectivity index (χ2n) is 7.65. The van der Waals surface area contributed by atoms with Gasteiger partial charge in [0.2, 0.25) is 0 Å². The lowest BCUT2D eigenvalue weighted by atomic mass is 9.82. The van der Waals surface area contributed by atoms with Crippen molar-refractivity contribution >= 4 is 5.57 Å². The summed E-state index contributed by atoms with van der Waals surface area (Å²) in [6.07, 6.45) is 2.50. The van der Waals surface area contributed by atoms with Gasteiger partial charge in [-0.1, -0.05) is 39.8 Å². The molecule has 1 aromatic rings. The van der Waals surface area contributed by atoms with E-state index >= 15 is 0 Å². The molecule has 1 heterocycles. The number of ether oxygens (including phenoxy) is 1. The maximum absolute atomic E-state index is 6.50. The van der Waals surface area contributed by atoms with Gasteiger partial charge < -0.3 is 4.74 Å². The molecule has 1 atom stereocenters. The van der Waals surface area contributed by atoms with Crippen molar-refractivity contribution in [2.75, 3.05) is 0 Å². The maximum Gasteiger partial charge on any atom is 0.131 e. The highest BCUT2D eigenvalue weighted by Crippen LogP contribution is 2.43. The lowest BCUT2D eigenvalue weighted by Crippen LogP contribution is -2.19. The molecule has 0 unspecified atom stereocenters. The standard InChI is InChI=1S/C22H32O/c1-12(2)19-10-14(5)16(7)18(9)23-22-17(8)15(6)11-20(13(3)4)21(19)22/h10-13,18H,1-9H3/b16-14-,19-10-/t18-/m1/s1. The second kappa shape index (κ2) is 6.55. The number of hydrogen-bond donors (Lipinski definition) is 0. The van der Waals surface area contributed by atoms with Crippen molar-refractivity contribution in [1.29, 1.82) is 0 Å². The van der Waals surface area contributed by atoms with Crippen molar-refractivity contribution in [1.82, 2.24) is 0 Å². The highest BCUT2D eigenvalue weighted by atomic mass is 16.5. The molecule has 1 aliphatic heterocycles. The maximum atomic E-state index is 6.50. The molecule has 0 radical (unpaired) electrons. The number of allylic oxidation sites excluding steroid dienone is 3. The van der Waals surface area contributed by atoms with E-state index in [0.717, 1.165) is 5.75 Å². The van der Waals surface area contributed by atoms with Gasteiger partial charge in [0.05, 0.1) is 0 Å². The largest absolute Gasteiger partial charge is 0.485 e. The minimum atomic E-state index is 0.110. The molecule has 0 fully saturated rings. The molecule has 0 N–H and O–H groups in total. The van der Waals surface area contributed by atoms with E-state index < -0.39 is 0 Å². The second-order valence-corrected chi connectivity index (χ2v) is 7.65. The number of benzene rings is 1. The van der Waals surface area contributed by atoms with Crippen molar-refractivity contribution < 1.29 is 4.74 Å². The fraction of sp³-hybridized carbons (Fsp3) is 0.545. The van der Waals surface area contributed by atoms with E-state index in [9.17, 15) is 0 Å². The van der Waals surface area contributed by atoms with Crippen LogP contribution in [0.2, 0.25) is 0 Å². The first-order valence-electron chi connectivity index (χ1n) is 8.85. The first kappa shape index (κ1) is 17.8. The molecule has 2 rings (SSSR count). The minimum absolute atomic E-state index is 0.110. The molecule has 0 bridgehead atoms. The fourth-order valence-corrected chi connectivity index (χ4v) is 3.27. The SMILES string of the molecule is CC1=C(\C)[C@@H](C)Oc2c(C)c(C)cc(C(C)C)c2/C(C(C)C)=C\1. The summed E-state index contributed by atoms with van der Waals surface area (Å²) < 4.78 is 6.50. The quantitative estimate of drug-likeness (QED) is 0.599. The number of hydrogen-bond acceptors (Lipinski definition) is 1. The molecule has 0 saturated heterocycles. The molecule has 1 aromatic carbocycles. The molecular weight excluding hydrogens is 280 g/mol. The number of fused-ring (bicyclic) bond motifs is 1. The van der Waals surface area contributed by atoms with Crippen LogP contribution in [0.5, 0.6) is 5.75 Å². The predicted molar refractivity (Wildman–Crippen MR) is 101 cm³/mol. The van der Waals surface area contributed by atoms with Gasteiger partial charge in [0.15, 0.2) is 0 Å². The smallest absolute Gasteiger partial charge is 0.131 e. The Labute approximate surface area is 142 Å². The van der Waals surface area contributed by atoms with Crippen molar-refractivity contribution in [3.8, 4) is 5.75 Å². The summed E-state index contributed by atoms with van der Waals surface area (Å²) in [5.74, 6) is 2.04. The molecule has 0 aromatic heterocycles. The molecule has 0 spiro atoms. The van der Waals surface area contributed by atoms with Crippen molar-refractivity contribution in [3.05, 3.63) is 45.5 Å². The molecule has 0 aliphatic carbocycles. The van der Waals surface area contributed by atoms with Gasteiger partial charge in [-0.05, 0) is 79.9 Å². The summed E-state index contributed by atoms with van der Waals surface area (Å²) in [6, 6.07) is 2.36. The zero-order valence-corrected chi connectivity index (χ0v) is 16.3. The van der Waals surface area contributed by atoms with Crippen LogP contribution in [0.25, 0.3) is 5.57 Å². The lowest BCUT2D eigenvalue weighted by Gasteiger charge is -2.30. The van der Waals surface area contributed by atoms with E-state index in [2.05, 4.69) is 74.5 Å². The number of aryl methyl sites for hydroxylation is 1. The molecule has 0 saturated carbocycles. The fourth-order valence-electron chi connectivity index (χ4n) is 3.27. The summed E-state index contributed by atoms with van der Waals surface area (Å²) >= 11 is 0. The first-order chi connectivity index (χ1) is 10.6. The first-order valence-corrected chi connectivity index (χ1v) is 8.85. The predicted octanol–water partition coefficient (Wildman–Crippen LogP) is 6.58. The molecule has 0 amide bonds. The summed E-state index contributed by atoms with van der Waals surface area (Å²) in [6.45, 7) is 20.1. The number of rotatable bonds is 2. The Kier molecular flexibility index (Phi) is 5.08. The third-order valence-corrected chi connectivity index (χ3v) is 5.25. The highest BCUT2D eigenvalue weighted by molar-refractivity contribution is 5.79. The Balaban J connectivity index is 2.91. The van der Waals surface area contributed by atoms with Crippen molar-refractivity contribution in [2.45, 2.75) is 74.3 Å². The third-order valence-electron chi connectivity index (χ3n) is 5.25. The molecular formula is C22H32O.